The summed E-state index contributed by atoms with van der Waals surface area (Å²) >= 11 is 4.88. The van der Waals surface area contributed by atoms with E-state index in [1.165, 1.54) is 24.3 Å². The minimum absolute atomic E-state index is 0.00573. The minimum Gasteiger partial charge on any atom is -0.489 e. The van der Waals surface area contributed by atoms with Crippen molar-refractivity contribution in [1.82, 2.24) is 5.32 Å². The molecule has 11 heteroatoms. The summed E-state index contributed by atoms with van der Waals surface area (Å²) in [6, 6.07) is 16.3. The number of alkyl halides is 6. The molecule has 178 valence electrons. The third-order valence-electron chi connectivity index (χ3n) is 4.44. The second-order valence-corrected chi connectivity index (χ2v) is 7.41. The lowest BCUT2D eigenvalue weighted by molar-refractivity contribution is -0.143. The first kappa shape index (κ1) is 25.0. The van der Waals surface area contributed by atoms with E-state index in [-0.39, 0.29) is 11.6 Å². The highest BCUT2D eigenvalue weighted by Gasteiger charge is 2.37. The maximum Gasteiger partial charge on any atom is 0.416 e. The molecule has 4 nitrogen and oxygen atoms in total. The number of ether oxygens (including phenoxy) is 1. The highest BCUT2D eigenvalue weighted by Crippen LogP contribution is 2.37. The quantitative estimate of drug-likeness (QED) is 0.315. The van der Waals surface area contributed by atoms with Crippen molar-refractivity contribution < 1.29 is 35.9 Å². The van der Waals surface area contributed by atoms with Gasteiger partial charge in [0.1, 0.15) is 12.4 Å². The first-order valence-corrected chi connectivity index (χ1v) is 10.0. The molecule has 0 fully saturated rings. The van der Waals surface area contributed by atoms with Crippen LogP contribution in [0.3, 0.4) is 0 Å². The molecule has 0 radical (unpaired) electrons. The van der Waals surface area contributed by atoms with Gasteiger partial charge in [-0.1, -0.05) is 30.3 Å². The van der Waals surface area contributed by atoms with Gasteiger partial charge in [0.25, 0.3) is 5.91 Å². The van der Waals surface area contributed by atoms with Crippen LogP contribution in [-0.4, -0.2) is 11.0 Å². The van der Waals surface area contributed by atoms with Crippen LogP contribution in [0.2, 0.25) is 0 Å². The molecule has 0 saturated carbocycles. The maximum atomic E-state index is 13.0. The topological polar surface area (TPSA) is 50.4 Å². The fraction of sp³-hybridized carbons (Fsp3) is 0.130. The Bertz CT molecular complexity index is 1130. The molecular formula is C23H16F6N2O2S. The highest BCUT2D eigenvalue weighted by atomic mass is 32.1. The Morgan fingerprint density at radius 3 is 1.91 bits per heavy atom. The van der Waals surface area contributed by atoms with Crippen LogP contribution in [0.15, 0.2) is 72.8 Å². The van der Waals surface area contributed by atoms with Gasteiger partial charge in [-0.15, -0.1) is 0 Å². The number of hydrogen-bond acceptors (Lipinski definition) is 3. The number of rotatable bonds is 5. The van der Waals surface area contributed by atoms with Crippen molar-refractivity contribution in [2.75, 3.05) is 5.32 Å². The number of carbonyl (C=O) groups is 1. The summed E-state index contributed by atoms with van der Waals surface area (Å²) in [6.45, 7) is 0.317. The van der Waals surface area contributed by atoms with Gasteiger partial charge in [0.2, 0.25) is 0 Å². The summed E-state index contributed by atoms with van der Waals surface area (Å²) in [6.07, 6.45) is -10.0. The molecule has 0 aliphatic rings. The van der Waals surface area contributed by atoms with Crippen LogP contribution in [-0.2, 0) is 19.0 Å². The van der Waals surface area contributed by atoms with E-state index < -0.39 is 40.2 Å². The predicted octanol–water partition coefficient (Wildman–Crippen LogP) is 6.43. The zero-order valence-electron chi connectivity index (χ0n) is 17.1. The van der Waals surface area contributed by atoms with Crippen molar-refractivity contribution in [2.45, 2.75) is 19.0 Å². The Labute approximate surface area is 195 Å². The van der Waals surface area contributed by atoms with Crippen LogP contribution in [0.5, 0.6) is 5.75 Å². The molecule has 1 amide bonds. The Hall–Kier alpha value is -3.60. The van der Waals surface area contributed by atoms with Gasteiger partial charge >= 0.3 is 12.4 Å². The van der Waals surface area contributed by atoms with E-state index in [0.29, 0.717) is 24.5 Å². The number of halogens is 6. The first-order valence-electron chi connectivity index (χ1n) is 9.60. The Morgan fingerprint density at radius 2 is 1.38 bits per heavy atom. The van der Waals surface area contributed by atoms with Crippen LogP contribution >= 0.6 is 12.2 Å². The summed E-state index contributed by atoms with van der Waals surface area (Å²) < 4.78 is 83.5. The lowest BCUT2D eigenvalue weighted by Gasteiger charge is -2.16. The fourth-order valence-electron chi connectivity index (χ4n) is 2.81. The molecule has 0 aliphatic carbocycles. The Kier molecular flexibility index (Phi) is 7.45. The lowest BCUT2D eigenvalue weighted by atomic mass is 10.1. The highest BCUT2D eigenvalue weighted by molar-refractivity contribution is 7.80. The van der Waals surface area contributed by atoms with E-state index in [2.05, 4.69) is 10.6 Å². The summed E-state index contributed by atoms with van der Waals surface area (Å²) in [5.74, 6) is -0.222. The van der Waals surface area contributed by atoms with Crippen LogP contribution in [0.4, 0.5) is 32.0 Å². The van der Waals surface area contributed by atoms with Crippen LogP contribution in [0.25, 0.3) is 0 Å². The number of benzene rings is 3. The maximum absolute atomic E-state index is 13.0. The van der Waals surface area contributed by atoms with Gasteiger partial charge in [-0.3, -0.25) is 10.1 Å². The van der Waals surface area contributed by atoms with Crippen LogP contribution in [0, 0.1) is 0 Å². The Morgan fingerprint density at radius 1 is 0.824 bits per heavy atom. The van der Waals surface area contributed by atoms with E-state index in [9.17, 15) is 31.1 Å². The average molecular weight is 498 g/mol. The SMILES string of the molecule is O=C(NC(=S)Nc1cc(C(F)(F)F)cc(C(F)(F)F)c1)c1ccc(OCc2ccccc2)cc1. The van der Waals surface area contributed by atoms with Crippen molar-refractivity contribution in [1.29, 1.82) is 0 Å². The largest absolute Gasteiger partial charge is 0.489 e. The summed E-state index contributed by atoms with van der Waals surface area (Å²) in [7, 11) is 0. The van der Waals surface area contributed by atoms with Gasteiger partial charge in [0, 0.05) is 11.3 Å². The van der Waals surface area contributed by atoms with Crippen molar-refractivity contribution in [3.05, 3.63) is 95.1 Å². The molecule has 0 heterocycles. The molecule has 3 aromatic rings. The van der Waals surface area contributed by atoms with E-state index in [1.807, 2.05) is 30.3 Å². The van der Waals surface area contributed by atoms with Gasteiger partial charge in [-0.2, -0.15) is 26.3 Å². The summed E-state index contributed by atoms with van der Waals surface area (Å²) in [5, 5.41) is 3.94. The van der Waals surface area contributed by atoms with Crippen LogP contribution in [0.1, 0.15) is 27.0 Å². The zero-order chi connectivity index (χ0) is 24.9. The standard InChI is InChI=1S/C23H16F6N2O2S/c24-22(25,26)16-10-17(23(27,28)29)12-18(11-16)30-21(34)31-20(32)15-6-8-19(9-7-15)33-13-14-4-2-1-3-5-14/h1-12H,13H2,(H2,30,31,32,34). The molecule has 0 atom stereocenters. The minimum atomic E-state index is -5.01. The molecule has 0 saturated heterocycles. The number of anilines is 1. The second-order valence-electron chi connectivity index (χ2n) is 7.00. The van der Waals surface area contributed by atoms with E-state index in [1.54, 1.807) is 0 Å². The smallest absolute Gasteiger partial charge is 0.416 e. The van der Waals surface area contributed by atoms with Crippen molar-refractivity contribution in [3.8, 4) is 5.75 Å². The predicted molar refractivity (Wildman–Crippen MR) is 117 cm³/mol. The number of carbonyl (C=O) groups excluding carboxylic acids is 1. The van der Waals surface area contributed by atoms with Gasteiger partial charge < -0.3 is 10.1 Å². The average Bonchev–Trinajstić information content (AvgIpc) is 2.77. The fourth-order valence-corrected chi connectivity index (χ4v) is 3.02. The van der Waals surface area contributed by atoms with Gasteiger partial charge in [0.15, 0.2) is 5.11 Å². The molecule has 3 rings (SSSR count). The van der Waals surface area contributed by atoms with Crippen molar-refractivity contribution >= 4 is 28.9 Å². The molecule has 2 N–H and O–H groups in total. The molecule has 0 aromatic heterocycles. The third-order valence-corrected chi connectivity index (χ3v) is 4.64. The molecule has 3 aromatic carbocycles. The van der Waals surface area contributed by atoms with Gasteiger partial charge in [-0.25, -0.2) is 0 Å². The number of thiocarbonyl (C=S) groups is 1. The van der Waals surface area contributed by atoms with Crippen molar-refractivity contribution in [3.63, 3.8) is 0 Å². The molecule has 0 bridgehead atoms. The first-order chi connectivity index (χ1) is 15.9. The number of nitrogens with one attached hydrogen (secondary N) is 2. The van der Waals surface area contributed by atoms with E-state index in [4.69, 9.17) is 17.0 Å². The number of amides is 1. The number of hydrogen-bond donors (Lipinski definition) is 2. The van der Waals surface area contributed by atoms with Crippen molar-refractivity contribution in [2.24, 2.45) is 0 Å². The molecule has 0 unspecified atom stereocenters. The second kappa shape index (κ2) is 10.1. The summed E-state index contributed by atoms with van der Waals surface area (Å²) in [4.78, 5) is 12.3. The molecular weight excluding hydrogens is 482 g/mol. The molecule has 0 aliphatic heterocycles. The molecule has 34 heavy (non-hydrogen) atoms. The normalized spacial score (nSPS) is 11.6. The van der Waals surface area contributed by atoms with E-state index in [0.717, 1.165) is 5.56 Å². The lowest BCUT2D eigenvalue weighted by Crippen LogP contribution is -2.34. The van der Waals surface area contributed by atoms with Crippen LogP contribution < -0.4 is 15.4 Å². The van der Waals surface area contributed by atoms with Gasteiger partial charge in [0.05, 0.1) is 11.1 Å². The van der Waals surface area contributed by atoms with E-state index >= 15 is 0 Å². The summed E-state index contributed by atoms with van der Waals surface area (Å²) in [5.41, 5.74) is -2.49. The monoisotopic (exact) mass is 498 g/mol. The van der Waals surface area contributed by atoms with Gasteiger partial charge in [-0.05, 0) is 60.2 Å². The third kappa shape index (κ3) is 6.95. The zero-order valence-corrected chi connectivity index (χ0v) is 17.9. The molecule has 0 spiro atoms. The Balaban J connectivity index is 1.64.